The highest BCUT2D eigenvalue weighted by Gasteiger charge is 2.19. The van der Waals surface area contributed by atoms with Gasteiger partial charge >= 0.3 is 0 Å². The molecule has 1 atom stereocenters. The van der Waals surface area contributed by atoms with E-state index in [2.05, 4.69) is 66.3 Å². The third-order valence-electron chi connectivity index (χ3n) is 3.42. The fraction of sp³-hybridized carbons (Fsp3) is 0.471. The van der Waals surface area contributed by atoms with E-state index in [4.69, 9.17) is 16.6 Å². The molecule has 4 heteroatoms. The molecule has 0 aliphatic heterocycles. The van der Waals surface area contributed by atoms with Gasteiger partial charge in [-0.15, -0.1) is 22.9 Å². The maximum absolute atomic E-state index is 6.17. The van der Waals surface area contributed by atoms with Crippen LogP contribution in [-0.2, 0) is 18.3 Å². The van der Waals surface area contributed by atoms with Crippen LogP contribution in [0.15, 0.2) is 34.1 Å². The fourth-order valence-electron chi connectivity index (χ4n) is 2.17. The monoisotopic (exact) mass is 385 g/mol. The molecule has 0 aliphatic rings. The number of alkyl halides is 1. The summed E-state index contributed by atoms with van der Waals surface area (Å²) in [6, 6.07) is 8.45. The van der Waals surface area contributed by atoms with Crippen molar-refractivity contribution in [2.75, 3.05) is 5.88 Å². The first-order chi connectivity index (χ1) is 9.88. The Labute approximate surface area is 144 Å². The molecule has 0 bridgehead atoms. The van der Waals surface area contributed by atoms with Gasteiger partial charge in [-0.1, -0.05) is 48.8 Å². The lowest BCUT2D eigenvalue weighted by atomic mass is 9.93. The summed E-state index contributed by atoms with van der Waals surface area (Å²) in [4.78, 5) is 4.78. The quantitative estimate of drug-likeness (QED) is 0.588. The number of thiazole rings is 1. The summed E-state index contributed by atoms with van der Waals surface area (Å²) in [6.07, 6.45) is 1.95. The van der Waals surface area contributed by atoms with Crippen molar-refractivity contribution in [1.29, 1.82) is 0 Å². The lowest BCUT2D eigenvalue weighted by Gasteiger charge is -2.15. The first-order valence-electron chi connectivity index (χ1n) is 7.14. The van der Waals surface area contributed by atoms with Gasteiger partial charge in [0.05, 0.1) is 10.7 Å². The zero-order valence-corrected chi connectivity index (χ0v) is 15.9. The molecule has 0 spiro atoms. The van der Waals surface area contributed by atoms with Crippen LogP contribution in [0.1, 0.15) is 37.0 Å². The Morgan fingerprint density at radius 3 is 2.62 bits per heavy atom. The number of halogens is 2. The number of hydrogen-bond acceptors (Lipinski definition) is 2. The van der Waals surface area contributed by atoms with E-state index < -0.39 is 0 Å². The lowest BCUT2D eigenvalue weighted by molar-refractivity contribution is 0.556. The Bertz CT molecular complexity index is 588. The van der Waals surface area contributed by atoms with Crippen molar-refractivity contribution in [3.8, 4) is 0 Å². The minimum atomic E-state index is 0.121. The van der Waals surface area contributed by atoms with Gasteiger partial charge in [0, 0.05) is 27.6 Å². The van der Waals surface area contributed by atoms with Crippen molar-refractivity contribution >= 4 is 38.9 Å². The Balaban J connectivity index is 2.04. The van der Waals surface area contributed by atoms with Gasteiger partial charge in [-0.25, -0.2) is 4.98 Å². The van der Waals surface area contributed by atoms with Gasteiger partial charge in [-0.3, -0.25) is 0 Å². The van der Waals surface area contributed by atoms with E-state index in [-0.39, 0.29) is 5.41 Å². The van der Waals surface area contributed by atoms with E-state index in [0.29, 0.717) is 11.8 Å². The predicted molar refractivity (Wildman–Crippen MR) is 96.6 cm³/mol. The molecular weight excluding hydrogens is 366 g/mol. The third-order valence-corrected chi connectivity index (χ3v) is 5.22. The average Bonchev–Trinajstić information content (AvgIpc) is 2.86. The Kier molecular flexibility index (Phi) is 5.87. The fourth-order valence-corrected chi connectivity index (χ4v) is 3.98. The predicted octanol–water partition coefficient (Wildman–Crippen LogP) is 5.84. The smallest absolute Gasteiger partial charge is 0.0931 e. The maximum Gasteiger partial charge on any atom is 0.0931 e. The number of hydrogen-bond donors (Lipinski definition) is 0. The van der Waals surface area contributed by atoms with Crippen LogP contribution in [0.5, 0.6) is 0 Å². The molecule has 0 saturated heterocycles. The molecule has 0 saturated carbocycles. The highest BCUT2D eigenvalue weighted by Crippen LogP contribution is 2.26. The van der Waals surface area contributed by atoms with Gasteiger partial charge in [0.1, 0.15) is 0 Å². The molecule has 2 aromatic rings. The molecule has 0 aliphatic carbocycles. The second-order valence-corrected chi connectivity index (χ2v) is 8.60. The van der Waals surface area contributed by atoms with E-state index in [0.717, 1.165) is 17.3 Å². The van der Waals surface area contributed by atoms with Crippen LogP contribution >= 0.6 is 38.9 Å². The second kappa shape index (κ2) is 7.26. The molecule has 0 fully saturated rings. The molecule has 1 heterocycles. The molecule has 2 rings (SSSR count). The van der Waals surface area contributed by atoms with E-state index in [1.165, 1.54) is 16.3 Å². The average molecular weight is 387 g/mol. The number of nitrogens with zero attached hydrogens (tertiary/aromatic N) is 1. The van der Waals surface area contributed by atoms with Crippen molar-refractivity contribution in [2.45, 2.75) is 39.0 Å². The highest BCUT2D eigenvalue weighted by molar-refractivity contribution is 9.10. The van der Waals surface area contributed by atoms with E-state index in [9.17, 15) is 0 Å². The molecule has 0 amide bonds. The molecule has 0 radical (unpaired) electrons. The molecule has 114 valence electrons. The lowest BCUT2D eigenvalue weighted by Crippen LogP contribution is -2.13. The van der Waals surface area contributed by atoms with Crippen LogP contribution in [0.4, 0.5) is 0 Å². The Morgan fingerprint density at radius 2 is 2.05 bits per heavy atom. The normalized spacial score (nSPS) is 13.4. The van der Waals surface area contributed by atoms with Gasteiger partial charge in [0.25, 0.3) is 0 Å². The summed E-state index contributed by atoms with van der Waals surface area (Å²) in [7, 11) is 0. The van der Waals surface area contributed by atoms with Gasteiger partial charge in [0.15, 0.2) is 0 Å². The number of benzene rings is 1. The highest BCUT2D eigenvalue weighted by atomic mass is 79.9. The van der Waals surface area contributed by atoms with E-state index in [1.807, 2.05) is 0 Å². The van der Waals surface area contributed by atoms with Crippen LogP contribution in [0.2, 0.25) is 0 Å². The molecule has 1 aromatic heterocycles. The summed E-state index contributed by atoms with van der Waals surface area (Å²) < 4.78 is 1.12. The molecular formula is C17H21BrClNS. The van der Waals surface area contributed by atoms with Crippen molar-refractivity contribution in [3.05, 3.63) is 50.4 Å². The summed E-state index contributed by atoms with van der Waals surface area (Å²) in [6.45, 7) is 6.60. The largest absolute Gasteiger partial charge is 0.246 e. The first-order valence-corrected chi connectivity index (χ1v) is 9.34. The van der Waals surface area contributed by atoms with Crippen molar-refractivity contribution in [1.82, 2.24) is 4.98 Å². The van der Waals surface area contributed by atoms with Crippen molar-refractivity contribution < 1.29 is 0 Å². The summed E-state index contributed by atoms with van der Waals surface area (Å²) >= 11 is 11.4. The zero-order valence-electron chi connectivity index (χ0n) is 12.7. The molecule has 0 N–H and O–H groups in total. The van der Waals surface area contributed by atoms with Crippen LogP contribution in [-0.4, -0.2) is 10.9 Å². The maximum atomic E-state index is 6.17. The molecule has 21 heavy (non-hydrogen) atoms. The van der Waals surface area contributed by atoms with Gasteiger partial charge in [-0.2, -0.15) is 0 Å². The molecule has 1 unspecified atom stereocenters. The SMILES string of the molecule is CC(C)(C)c1csc(CC(CCl)Cc2cccc(Br)c2)n1. The van der Waals surface area contributed by atoms with Crippen molar-refractivity contribution in [2.24, 2.45) is 5.92 Å². The van der Waals surface area contributed by atoms with Crippen LogP contribution in [0.3, 0.4) is 0 Å². The second-order valence-electron chi connectivity index (χ2n) is 6.43. The Morgan fingerprint density at radius 1 is 1.29 bits per heavy atom. The summed E-state index contributed by atoms with van der Waals surface area (Å²) in [5.74, 6) is 1.09. The summed E-state index contributed by atoms with van der Waals surface area (Å²) in [5, 5.41) is 3.38. The topological polar surface area (TPSA) is 12.9 Å². The first kappa shape index (κ1) is 17.0. The van der Waals surface area contributed by atoms with E-state index >= 15 is 0 Å². The van der Waals surface area contributed by atoms with Gasteiger partial charge in [0.2, 0.25) is 0 Å². The Hall–Kier alpha value is -0.380. The zero-order chi connectivity index (χ0) is 15.5. The van der Waals surface area contributed by atoms with Gasteiger partial charge in [-0.05, 0) is 30.0 Å². The number of aromatic nitrogens is 1. The van der Waals surface area contributed by atoms with Crippen LogP contribution < -0.4 is 0 Å². The van der Waals surface area contributed by atoms with E-state index in [1.54, 1.807) is 11.3 Å². The third kappa shape index (κ3) is 5.08. The standard InChI is InChI=1S/C17H21BrClNS/c1-17(2,3)15-11-21-16(20-15)9-13(10-19)7-12-5-4-6-14(18)8-12/h4-6,8,11,13H,7,9-10H2,1-3H3. The van der Waals surface area contributed by atoms with Crippen LogP contribution in [0.25, 0.3) is 0 Å². The molecule has 1 nitrogen and oxygen atoms in total. The van der Waals surface area contributed by atoms with Gasteiger partial charge < -0.3 is 0 Å². The van der Waals surface area contributed by atoms with Crippen molar-refractivity contribution in [3.63, 3.8) is 0 Å². The molecule has 1 aromatic carbocycles. The number of rotatable bonds is 5. The van der Waals surface area contributed by atoms with Crippen LogP contribution in [0, 0.1) is 5.92 Å². The summed E-state index contributed by atoms with van der Waals surface area (Å²) in [5.41, 5.74) is 2.62. The minimum Gasteiger partial charge on any atom is -0.246 e. The minimum absolute atomic E-state index is 0.121.